The number of hydrogen-bond donors (Lipinski definition) is 1. The molecule has 180 valence electrons. The largest absolute Gasteiger partial charge is 0.503 e. The van der Waals surface area contributed by atoms with Crippen LogP contribution in [0.15, 0.2) is 94.6 Å². The molecule has 1 aliphatic rings. The summed E-state index contributed by atoms with van der Waals surface area (Å²) in [5.41, 5.74) is 2.52. The molecular formula is C29H23NO6. The summed E-state index contributed by atoms with van der Waals surface area (Å²) in [6, 6.07) is 21.5. The van der Waals surface area contributed by atoms with Crippen molar-refractivity contribution in [2.45, 2.75) is 19.9 Å². The molecule has 1 N–H and O–H groups in total. The molecule has 4 aromatic rings. The highest BCUT2D eigenvalue weighted by Crippen LogP contribution is 2.43. The number of carbonyl (C=O) groups is 3. The summed E-state index contributed by atoms with van der Waals surface area (Å²) in [5, 5.41) is 11.7. The first-order chi connectivity index (χ1) is 17.4. The summed E-state index contributed by atoms with van der Waals surface area (Å²) in [6.07, 6.45) is 0. The molecule has 7 nitrogen and oxygen atoms in total. The van der Waals surface area contributed by atoms with E-state index in [-0.39, 0.29) is 23.5 Å². The van der Waals surface area contributed by atoms with E-state index in [1.807, 2.05) is 31.2 Å². The zero-order valence-electron chi connectivity index (χ0n) is 19.7. The van der Waals surface area contributed by atoms with Crippen LogP contribution in [0.4, 0.5) is 5.69 Å². The van der Waals surface area contributed by atoms with Crippen molar-refractivity contribution in [3.8, 4) is 0 Å². The number of rotatable bonds is 6. The Morgan fingerprint density at radius 1 is 1.00 bits per heavy atom. The highest BCUT2D eigenvalue weighted by atomic mass is 16.5. The van der Waals surface area contributed by atoms with Crippen molar-refractivity contribution in [1.29, 1.82) is 0 Å². The number of benzene rings is 3. The molecule has 0 spiro atoms. The first-order valence-corrected chi connectivity index (χ1v) is 11.5. The minimum absolute atomic E-state index is 0.0197. The van der Waals surface area contributed by atoms with Crippen LogP contribution in [0, 0.1) is 6.92 Å². The van der Waals surface area contributed by atoms with Gasteiger partial charge < -0.3 is 14.3 Å². The van der Waals surface area contributed by atoms with Crippen LogP contribution >= 0.6 is 0 Å². The van der Waals surface area contributed by atoms with Gasteiger partial charge in [-0.15, -0.1) is 0 Å². The fourth-order valence-corrected chi connectivity index (χ4v) is 4.52. The summed E-state index contributed by atoms with van der Waals surface area (Å²) >= 11 is 0. The number of ketones is 1. The van der Waals surface area contributed by atoms with Gasteiger partial charge in [-0.1, -0.05) is 48.5 Å². The lowest BCUT2D eigenvalue weighted by Gasteiger charge is -2.28. The molecular weight excluding hydrogens is 458 g/mol. The number of nitrogens with zero attached hydrogens (tertiary/aromatic N) is 1. The Morgan fingerprint density at radius 2 is 1.75 bits per heavy atom. The van der Waals surface area contributed by atoms with Crippen molar-refractivity contribution >= 4 is 34.3 Å². The number of furan rings is 1. The van der Waals surface area contributed by atoms with E-state index in [0.29, 0.717) is 16.8 Å². The molecule has 0 fully saturated rings. The monoisotopic (exact) mass is 481 g/mol. The number of ether oxygens (including phenoxy) is 1. The highest BCUT2D eigenvalue weighted by molar-refractivity contribution is 6.20. The lowest BCUT2D eigenvalue weighted by Crippen LogP contribution is -2.31. The van der Waals surface area contributed by atoms with E-state index in [1.54, 1.807) is 55.5 Å². The second kappa shape index (κ2) is 9.19. The third kappa shape index (κ3) is 3.84. The van der Waals surface area contributed by atoms with Gasteiger partial charge in [0.1, 0.15) is 5.58 Å². The maximum absolute atomic E-state index is 13.7. The van der Waals surface area contributed by atoms with Gasteiger partial charge in [-0.05, 0) is 55.3 Å². The first kappa shape index (κ1) is 23.1. The Hall–Kier alpha value is -4.65. The third-order valence-corrected chi connectivity index (χ3v) is 6.22. The van der Waals surface area contributed by atoms with E-state index in [2.05, 4.69) is 0 Å². The number of aliphatic hydroxyl groups excluding tert-OH is 1. The van der Waals surface area contributed by atoms with E-state index in [1.165, 1.54) is 11.0 Å². The Kier molecular flexibility index (Phi) is 5.90. The molecule has 5 rings (SSSR count). The molecule has 0 bridgehead atoms. The fourth-order valence-electron chi connectivity index (χ4n) is 4.52. The standard InChI is InChI=1S/C29H23NO6/c1-3-35-29(34)19-11-8-12-20(15-19)30-25(21-13-6-4-9-17(21)2)24(27(32)28(30)33)26(31)23-16-18-10-5-7-14-22(18)36-23/h4-16,25,32H,3H2,1-2H3. The molecule has 1 aliphatic heterocycles. The van der Waals surface area contributed by atoms with E-state index >= 15 is 0 Å². The van der Waals surface area contributed by atoms with Crippen LogP contribution in [0.3, 0.4) is 0 Å². The zero-order chi connectivity index (χ0) is 25.4. The molecule has 0 saturated carbocycles. The van der Waals surface area contributed by atoms with Gasteiger partial charge in [0.15, 0.2) is 11.5 Å². The lowest BCUT2D eigenvalue weighted by atomic mass is 9.92. The number of hydrogen-bond acceptors (Lipinski definition) is 6. The average molecular weight is 482 g/mol. The SMILES string of the molecule is CCOC(=O)c1cccc(N2C(=O)C(O)=C(C(=O)c3cc4ccccc4o3)C2c2ccccc2C)c1. The van der Waals surface area contributed by atoms with Gasteiger partial charge in [-0.3, -0.25) is 14.5 Å². The van der Waals surface area contributed by atoms with Crippen molar-refractivity contribution in [3.63, 3.8) is 0 Å². The molecule has 2 heterocycles. The third-order valence-electron chi connectivity index (χ3n) is 6.22. The van der Waals surface area contributed by atoms with Gasteiger partial charge in [0.05, 0.1) is 23.8 Å². The predicted molar refractivity (Wildman–Crippen MR) is 134 cm³/mol. The maximum atomic E-state index is 13.7. The molecule has 0 radical (unpaired) electrons. The van der Waals surface area contributed by atoms with Gasteiger partial charge in [-0.25, -0.2) is 4.79 Å². The van der Waals surface area contributed by atoms with Crippen molar-refractivity contribution in [2.75, 3.05) is 11.5 Å². The molecule has 36 heavy (non-hydrogen) atoms. The molecule has 1 amide bonds. The predicted octanol–water partition coefficient (Wildman–Crippen LogP) is 5.70. The number of esters is 1. The number of fused-ring (bicyclic) bond motifs is 1. The van der Waals surface area contributed by atoms with Crippen LogP contribution in [0.5, 0.6) is 0 Å². The Balaban J connectivity index is 1.65. The van der Waals surface area contributed by atoms with E-state index < -0.39 is 29.5 Å². The Labute approximate surface area is 207 Å². The number of amides is 1. The average Bonchev–Trinajstić information content (AvgIpc) is 3.43. The molecule has 0 saturated heterocycles. The Bertz CT molecular complexity index is 1510. The van der Waals surface area contributed by atoms with E-state index in [4.69, 9.17) is 9.15 Å². The van der Waals surface area contributed by atoms with Gasteiger partial charge in [-0.2, -0.15) is 0 Å². The van der Waals surface area contributed by atoms with E-state index in [0.717, 1.165) is 10.9 Å². The lowest BCUT2D eigenvalue weighted by molar-refractivity contribution is -0.117. The van der Waals surface area contributed by atoms with Gasteiger partial charge >= 0.3 is 5.97 Å². The number of anilines is 1. The van der Waals surface area contributed by atoms with Crippen molar-refractivity contribution in [3.05, 3.63) is 113 Å². The number of Topliss-reactive ketones (excluding diaryl/α,β-unsaturated/α-hetero) is 1. The highest BCUT2D eigenvalue weighted by Gasteiger charge is 2.46. The molecule has 1 atom stereocenters. The fraction of sp³-hybridized carbons (Fsp3) is 0.138. The number of aliphatic hydroxyl groups is 1. The summed E-state index contributed by atoms with van der Waals surface area (Å²) in [4.78, 5) is 40.9. The molecule has 1 unspecified atom stereocenters. The number of aryl methyl sites for hydroxylation is 1. The summed E-state index contributed by atoms with van der Waals surface area (Å²) in [7, 11) is 0. The Morgan fingerprint density at radius 3 is 2.50 bits per heavy atom. The van der Waals surface area contributed by atoms with Gasteiger partial charge in [0.25, 0.3) is 5.91 Å². The van der Waals surface area contributed by atoms with Crippen molar-refractivity contribution < 1.29 is 28.6 Å². The summed E-state index contributed by atoms with van der Waals surface area (Å²) < 4.78 is 10.9. The normalized spacial score (nSPS) is 15.6. The van der Waals surface area contributed by atoms with Crippen molar-refractivity contribution in [1.82, 2.24) is 0 Å². The van der Waals surface area contributed by atoms with Crippen LogP contribution in [0.2, 0.25) is 0 Å². The molecule has 0 aliphatic carbocycles. The van der Waals surface area contributed by atoms with Gasteiger partial charge in [0.2, 0.25) is 5.78 Å². The summed E-state index contributed by atoms with van der Waals surface area (Å²) in [6.45, 7) is 3.78. The quantitative estimate of drug-likeness (QED) is 0.280. The number of para-hydroxylation sites is 1. The topological polar surface area (TPSA) is 97.0 Å². The minimum Gasteiger partial charge on any atom is -0.503 e. The van der Waals surface area contributed by atoms with Crippen LogP contribution in [-0.2, 0) is 9.53 Å². The maximum Gasteiger partial charge on any atom is 0.338 e. The van der Waals surface area contributed by atoms with E-state index in [9.17, 15) is 19.5 Å². The van der Waals surface area contributed by atoms with Gasteiger partial charge in [0, 0.05) is 11.1 Å². The van der Waals surface area contributed by atoms with Crippen LogP contribution in [0.1, 0.15) is 45.0 Å². The molecule has 1 aromatic heterocycles. The second-order valence-corrected chi connectivity index (χ2v) is 8.44. The first-order valence-electron chi connectivity index (χ1n) is 11.5. The minimum atomic E-state index is -0.933. The molecule has 7 heteroatoms. The summed E-state index contributed by atoms with van der Waals surface area (Å²) in [5.74, 6) is -2.51. The van der Waals surface area contributed by atoms with Crippen LogP contribution in [-0.4, -0.2) is 29.4 Å². The second-order valence-electron chi connectivity index (χ2n) is 8.44. The smallest absolute Gasteiger partial charge is 0.338 e. The van der Waals surface area contributed by atoms with Crippen molar-refractivity contribution in [2.24, 2.45) is 0 Å². The molecule has 3 aromatic carbocycles. The van der Waals surface area contributed by atoms with Crippen LogP contribution in [0.25, 0.3) is 11.0 Å². The number of carbonyl (C=O) groups excluding carboxylic acids is 3. The zero-order valence-corrected chi connectivity index (χ0v) is 19.7. The van der Waals surface area contributed by atoms with Crippen LogP contribution < -0.4 is 4.90 Å².